The summed E-state index contributed by atoms with van der Waals surface area (Å²) in [4.78, 5) is 17.5. The molecule has 1 aliphatic heterocycles. The number of carbonyl (C=O) groups is 1. The van der Waals surface area contributed by atoms with E-state index in [1.165, 1.54) is 12.1 Å². The number of nitrogens with two attached hydrogens (primary N) is 1. The predicted octanol–water partition coefficient (Wildman–Crippen LogP) is 2.58. The minimum Gasteiger partial charge on any atom is -0.385 e. The first-order valence-corrected chi connectivity index (χ1v) is 6.73. The first-order chi connectivity index (χ1) is 9.33. The van der Waals surface area contributed by atoms with Gasteiger partial charge in [-0.1, -0.05) is 26.0 Å². The molecule has 0 bridgehead atoms. The van der Waals surface area contributed by atoms with E-state index in [0.717, 1.165) is 5.56 Å². The summed E-state index contributed by atoms with van der Waals surface area (Å²) in [6.07, 6.45) is 0.457. The van der Waals surface area contributed by atoms with Crippen molar-refractivity contribution in [2.45, 2.75) is 32.7 Å². The molecule has 2 amide bonds. The van der Waals surface area contributed by atoms with Crippen molar-refractivity contribution in [2.24, 2.45) is 16.6 Å². The molecule has 4 nitrogen and oxygen atoms in total. The highest BCUT2D eigenvalue weighted by molar-refractivity contribution is 6.05. The molecule has 1 aromatic rings. The van der Waals surface area contributed by atoms with Crippen molar-refractivity contribution >= 4 is 11.9 Å². The van der Waals surface area contributed by atoms with Gasteiger partial charge in [0.2, 0.25) is 0 Å². The Bertz CT molecular complexity index is 556. The summed E-state index contributed by atoms with van der Waals surface area (Å²) in [5.74, 6) is 0.320. The molecule has 0 aromatic heterocycles. The van der Waals surface area contributed by atoms with E-state index in [9.17, 15) is 9.18 Å². The first kappa shape index (κ1) is 14.5. The second-order valence-corrected chi connectivity index (χ2v) is 5.86. The number of hydrogen-bond acceptors (Lipinski definition) is 2. The zero-order valence-corrected chi connectivity index (χ0v) is 12.1. The molecular formula is C15H20FN3O. The highest BCUT2D eigenvalue weighted by Gasteiger charge is 2.44. The summed E-state index contributed by atoms with van der Waals surface area (Å²) in [5, 5.41) is 0. The van der Waals surface area contributed by atoms with Gasteiger partial charge in [0.1, 0.15) is 17.2 Å². The van der Waals surface area contributed by atoms with Gasteiger partial charge in [0.25, 0.3) is 0 Å². The molecule has 2 rings (SSSR count). The van der Waals surface area contributed by atoms with Crippen LogP contribution in [-0.2, 0) is 6.42 Å². The van der Waals surface area contributed by atoms with Crippen LogP contribution in [0.5, 0.6) is 0 Å². The minimum atomic E-state index is -0.685. The molecule has 0 aliphatic carbocycles. The third-order valence-electron chi connectivity index (χ3n) is 3.58. The number of carbonyl (C=O) groups excluding carboxylic acids is 1. The number of hydrogen-bond donors (Lipinski definition) is 1. The number of aliphatic imine (C=N–C) groups is 1. The maximum absolute atomic E-state index is 13.3. The molecule has 1 heterocycles. The molecule has 0 radical (unpaired) electrons. The lowest BCUT2D eigenvalue weighted by Crippen LogP contribution is -2.54. The monoisotopic (exact) mass is 277 g/mol. The van der Waals surface area contributed by atoms with Crippen LogP contribution in [0, 0.1) is 11.7 Å². The Labute approximate surface area is 118 Å². The molecule has 1 unspecified atom stereocenters. The van der Waals surface area contributed by atoms with Gasteiger partial charge < -0.3 is 10.6 Å². The molecule has 0 spiro atoms. The summed E-state index contributed by atoms with van der Waals surface area (Å²) < 4.78 is 13.3. The Hall–Kier alpha value is -1.91. The standard InChI is InChI=1S/C15H20FN3O/c1-10(2)9-19-14(20)18-13(17)15(19,3)8-11-5-4-6-12(16)7-11/h4-7,10H,8-9H2,1-3H3,(H2,17,18,20). The van der Waals surface area contributed by atoms with Crippen LogP contribution in [-0.4, -0.2) is 28.9 Å². The van der Waals surface area contributed by atoms with Crippen molar-refractivity contribution in [3.8, 4) is 0 Å². The number of nitrogens with zero attached hydrogens (tertiary/aromatic N) is 2. The molecule has 1 aromatic carbocycles. The molecule has 0 saturated carbocycles. The Balaban J connectivity index is 2.29. The van der Waals surface area contributed by atoms with Crippen molar-refractivity contribution in [1.82, 2.24) is 4.90 Å². The van der Waals surface area contributed by atoms with E-state index in [4.69, 9.17) is 5.73 Å². The van der Waals surface area contributed by atoms with Gasteiger partial charge in [0.15, 0.2) is 0 Å². The number of benzene rings is 1. The van der Waals surface area contributed by atoms with Gasteiger partial charge in [-0.05, 0) is 30.5 Å². The Morgan fingerprint density at radius 1 is 1.45 bits per heavy atom. The van der Waals surface area contributed by atoms with E-state index in [1.54, 1.807) is 11.0 Å². The minimum absolute atomic E-state index is 0.290. The lowest BCUT2D eigenvalue weighted by Gasteiger charge is -2.36. The smallest absolute Gasteiger partial charge is 0.346 e. The van der Waals surface area contributed by atoms with E-state index in [-0.39, 0.29) is 11.8 Å². The van der Waals surface area contributed by atoms with Gasteiger partial charge in [-0.25, -0.2) is 9.18 Å². The van der Waals surface area contributed by atoms with Crippen LogP contribution in [0.2, 0.25) is 0 Å². The normalized spacial score (nSPS) is 22.6. The molecular weight excluding hydrogens is 257 g/mol. The second kappa shape index (κ2) is 5.23. The van der Waals surface area contributed by atoms with Crippen LogP contribution in [0.4, 0.5) is 9.18 Å². The van der Waals surface area contributed by atoms with E-state index in [1.807, 2.05) is 26.8 Å². The fourth-order valence-corrected chi connectivity index (χ4v) is 2.51. The lowest BCUT2D eigenvalue weighted by molar-refractivity contribution is 0.167. The summed E-state index contributed by atoms with van der Waals surface area (Å²) in [7, 11) is 0. The van der Waals surface area contributed by atoms with Gasteiger partial charge in [-0.3, -0.25) is 0 Å². The van der Waals surface area contributed by atoms with Gasteiger partial charge in [0, 0.05) is 13.0 Å². The fraction of sp³-hybridized carbons (Fsp3) is 0.467. The number of amidine groups is 1. The van der Waals surface area contributed by atoms with E-state index in [2.05, 4.69) is 4.99 Å². The molecule has 2 N–H and O–H groups in total. The molecule has 0 fully saturated rings. The Kier molecular flexibility index (Phi) is 3.79. The average Bonchev–Trinajstić information content (AvgIpc) is 2.53. The predicted molar refractivity (Wildman–Crippen MR) is 77.1 cm³/mol. The van der Waals surface area contributed by atoms with E-state index in [0.29, 0.717) is 24.7 Å². The van der Waals surface area contributed by atoms with Crippen LogP contribution in [0.1, 0.15) is 26.3 Å². The molecule has 108 valence electrons. The topological polar surface area (TPSA) is 58.7 Å². The number of urea groups is 1. The molecule has 1 aliphatic rings. The van der Waals surface area contributed by atoms with E-state index >= 15 is 0 Å². The Morgan fingerprint density at radius 3 is 2.75 bits per heavy atom. The highest BCUT2D eigenvalue weighted by atomic mass is 19.1. The highest BCUT2D eigenvalue weighted by Crippen LogP contribution is 2.28. The van der Waals surface area contributed by atoms with Crippen LogP contribution in [0.15, 0.2) is 29.3 Å². The van der Waals surface area contributed by atoms with Gasteiger partial charge >= 0.3 is 6.03 Å². The van der Waals surface area contributed by atoms with Crippen molar-refractivity contribution < 1.29 is 9.18 Å². The number of rotatable bonds is 4. The van der Waals surface area contributed by atoms with E-state index < -0.39 is 5.54 Å². The molecule has 20 heavy (non-hydrogen) atoms. The third-order valence-corrected chi connectivity index (χ3v) is 3.58. The summed E-state index contributed by atoms with van der Waals surface area (Å²) >= 11 is 0. The first-order valence-electron chi connectivity index (χ1n) is 6.73. The van der Waals surface area contributed by atoms with Crippen molar-refractivity contribution in [3.63, 3.8) is 0 Å². The quantitative estimate of drug-likeness (QED) is 0.919. The molecule has 1 atom stereocenters. The fourth-order valence-electron chi connectivity index (χ4n) is 2.51. The lowest BCUT2D eigenvalue weighted by atomic mass is 9.90. The van der Waals surface area contributed by atoms with Crippen LogP contribution >= 0.6 is 0 Å². The molecule has 5 heteroatoms. The van der Waals surface area contributed by atoms with Crippen molar-refractivity contribution in [2.75, 3.05) is 6.54 Å². The molecule has 0 saturated heterocycles. The zero-order chi connectivity index (χ0) is 14.9. The van der Waals surface area contributed by atoms with Crippen LogP contribution in [0.3, 0.4) is 0 Å². The van der Waals surface area contributed by atoms with Crippen LogP contribution < -0.4 is 5.73 Å². The summed E-state index contributed by atoms with van der Waals surface area (Å²) in [5.41, 5.74) is 6.06. The maximum atomic E-state index is 13.3. The zero-order valence-electron chi connectivity index (χ0n) is 12.1. The third kappa shape index (κ3) is 2.66. The SMILES string of the molecule is CC(C)CN1C(=O)N=C(N)C1(C)Cc1cccc(F)c1. The van der Waals surface area contributed by atoms with Gasteiger partial charge in [-0.2, -0.15) is 4.99 Å². The van der Waals surface area contributed by atoms with Crippen molar-refractivity contribution in [1.29, 1.82) is 0 Å². The van der Waals surface area contributed by atoms with Gasteiger partial charge in [0.05, 0.1) is 0 Å². The van der Waals surface area contributed by atoms with Gasteiger partial charge in [-0.15, -0.1) is 0 Å². The second-order valence-electron chi connectivity index (χ2n) is 5.86. The summed E-state index contributed by atoms with van der Waals surface area (Å²) in [6, 6.07) is 6.04. The Morgan fingerprint density at radius 2 is 2.15 bits per heavy atom. The maximum Gasteiger partial charge on any atom is 0.346 e. The largest absolute Gasteiger partial charge is 0.385 e. The van der Waals surface area contributed by atoms with Crippen LogP contribution in [0.25, 0.3) is 0 Å². The number of amides is 2. The average molecular weight is 277 g/mol. The van der Waals surface area contributed by atoms with Crippen molar-refractivity contribution in [3.05, 3.63) is 35.6 Å². The number of halogens is 1. The summed E-state index contributed by atoms with van der Waals surface area (Å²) in [6.45, 7) is 6.52.